The SMILES string of the molecule is Cc1ccc(-c2cc(NC(=O)c3ccccc3)c(=O)n(CC(=O)Nc3cccc(C)c3C)n2)cc1. The second-order valence-corrected chi connectivity index (χ2v) is 8.39. The standard InChI is InChI=1S/C28H26N4O3/c1-18-12-14-21(15-13-18)24-16-25(30-27(34)22-9-5-4-6-10-22)28(35)32(31-24)17-26(33)29-23-11-7-8-19(2)20(23)3/h4-16H,17H2,1-3H3,(H,29,33)(H,30,34). The number of aromatic nitrogens is 2. The third-order valence-corrected chi connectivity index (χ3v) is 5.78. The molecule has 7 heteroatoms. The van der Waals surface area contributed by atoms with Crippen molar-refractivity contribution >= 4 is 23.2 Å². The smallest absolute Gasteiger partial charge is 0.291 e. The third-order valence-electron chi connectivity index (χ3n) is 5.78. The maximum Gasteiger partial charge on any atom is 0.291 e. The van der Waals surface area contributed by atoms with E-state index in [9.17, 15) is 14.4 Å². The first-order chi connectivity index (χ1) is 16.8. The van der Waals surface area contributed by atoms with Gasteiger partial charge in [0.1, 0.15) is 12.2 Å². The molecule has 0 saturated heterocycles. The third kappa shape index (κ3) is 5.52. The van der Waals surface area contributed by atoms with E-state index >= 15 is 0 Å². The summed E-state index contributed by atoms with van der Waals surface area (Å²) in [5.74, 6) is -0.815. The van der Waals surface area contributed by atoms with Crippen LogP contribution in [0.1, 0.15) is 27.0 Å². The van der Waals surface area contributed by atoms with Gasteiger partial charge in [0.05, 0.1) is 5.69 Å². The molecule has 7 nitrogen and oxygen atoms in total. The highest BCUT2D eigenvalue weighted by molar-refractivity contribution is 6.04. The Kier molecular flexibility index (Phi) is 6.87. The van der Waals surface area contributed by atoms with Gasteiger partial charge in [-0.15, -0.1) is 0 Å². The maximum atomic E-state index is 13.2. The number of nitrogens with zero attached hydrogens (tertiary/aromatic N) is 2. The quantitative estimate of drug-likeness (QED) is 0.430. The minimum Gasteiger partial charge on any atom is -0.324 e. The zero-order valence-corrected chi connectivity index (χ0v) is 19.8. The van der Waals surface area contributed by atoms with E-state index in [2.05, 4.69) is 15.7 Å². The van der Waals surface area contributed by atoms with Gasteiger partial charge in [-0.1, -0.05) is 60.2 Å². The number of nitrogens with one attached hydrogen (secondary N) is 2. The van der Waals surface area contributed by atoms with Crippen molar-refractivity contribution in [1.29, 1.82) is 0 Å². The molecule has 3 aromatic carbocycles. The van der Waals surface area contributed by atoms with Crippen LogP contribution in [0.3, 0.4) is 0 Å². The van der Waals surface area contributed by atoms with Crippen molar-refractivity contribution in [2.45, 2.75) is 27.3 Å². The molecule has 0 bridgehead atoms. The van der Waals surface area contributed by atoms with Gasteiger partial charge in [0.15, 0.2) is 0 Å². The van der Waals surface area contributed by atoms with E-state index in [1.807, 2.05) is 63.2 Å². The summed E-state index contributed by atoms with van der Waals surface area (Å²) in [7, 11) is 0. The molecule has 2 amide bonds. The lowest BCUT2D eigenvalue weighted by Gasteiger charge is -2.13. The summed E-state index contributed by atoms with van der Waals surface area (Å²) < 4.78 is 1.08. The minimum absolute atomic E-state index is 0.0453. The fourth-order valence-electron chi connectivity index (χ4n) is 3.60. The minimum atomic E-state index is -0.568. The molecule has 1 aromatic heterocycles. The summed E-state index contributed by atoms with van der Waals surface area (Å²) in [6.07, 6.45) is 0. The van der Waals surface area contributed by atoms with Crippen LogP contribution in [0.15, 0.2) is 83.7 Å². The molecule has 0 fully saturated rings. The highest BCUT2D eigenvalue weighted by Crippen LogP contribution is 2.20. The molecule has 0 aliphatic heterocycles. The summed E-state index contributed by atoms with van der Waals surface area (Å²) in [5, 5.41) is 9.96. The Morgan fingerprint density at radius 1 is 0.829 bits per heavy atom. The van der Waals surface area contributed by atoms with Crippen LogP contribution in [0.4, 0.5) is 11.4 Å². The van der Waals surface area contributed by atoms with Gasteiger partial charge >= 0.3 is 0 Å². The number of benzene rings is 3. The lowest BCUT2D eigenvalue weighted by atomic mass is 10.1. The van der Waals surface area contributed by atoms with Crippen molar-refractivity contribution < 1.29 is 9.59 Å². The molecule has 1 heterocycles. The topological polar surface area (TPSA) is 93.1 Å². The summed E-state index contributed by atoms with van der Waals surface area (Å²) in [4.78, 5) is 38.8. The lowest BCUT2D eigenvalue weighted by molar-refractivity contribution is -0.117. The molecule has 4 rings (SSSR count). The molecule has 0 aliphatic rings. The van der Waals surface area contributed by atoms with Crippen LogP contribution < -0.4 is 16.2 Å². The van der Waals surface area contributed by atoms with E-state index in [1.54, 1.807) is 30.3 Å². The van der Waals surface area contributed by atoms with E-state index < -0.39 is 17.4 Å². The number of rotatable bonds is 6. The molecule has 0 radical (unpaired) electrons. The van der Waals surface area contributed by atoms with Crippen LogP contribution in [-0.4, -0.2) is 21.6 Å². The van der Waals surface area contributed by atoms with Crippen molar-refractivity contribution in [3.05, 3.63) is 111 Å². The Morgan fingerprint density at radius 3 is 2.26 bits per heavy atom. The number of hydrogen-bond donors (Lipinski definition) is 2. The first kappa shape index (κ1) is 23.6. The molecule has 0 unspecified atom stereocenters. The average Bonchev–Trinajstić information content (AvgIpc) is 2.85. The van der Waals surface area contributed by atoms with Gasteiger partial charge in [0.2, 0.25) is 5.91 Å². The number of amides is 2. The monoisotopic (exact) mass is 466 g/mol. The second kappa shape index (κ2) is 10.2. The number of aryl methyl sites for hydroxylation is 2. The number of anilines is 2. The van der Waals surface area contributed by atoms with Crippen molar-refractivity contribution in [3.63, 3.8) is 0 Å². The van der Waals surface area contributed by atoms with E-state index in [1.165, 1.54) is 6.07 Å². The van der Waals surface area contributed by atoms with Gasteiger partial charge in [-0.2, -0.15) is 5.10 Å². The highest BCUT2D eigenvalue weighted by atomic mass is 16.2. The Morgan fingerprint density at radius 2 is 1.54 bits per heavy atom. The average molecular weight is 467 g/mol. The van der Waals surface area contributed by atoms with Crippen molar-refractivity contribution in [1.82, 2.24) is 9.78 Å². The summed E-state index contributed by atoms with van der Waals surface area (Å²) >= 11 is 0. The largest absolute Gasteiger partial charge is 0.324 e. The Balaban J connectivity index is 1.68. The van der Waals surface area contributed by atoms with Gasteiger partial charge in [-0.05, 0) is 56.2 Å². The van der Waals surface area contributed by atoms with Gasteiger partial charge in [0.25, 0.3) is 11.5 Å². The molecule has 4 aromatic rings. The van der Waals surface area contributed by atoms with Gasteiger partial charge in [-0.3, -0.25) is 14.4 Å². The van der Waals surface area contributed by atoms with Crippen LogP contribution in [0.2, 0.25) is 0 Å². The maximum absolute atomic E-state index is 13.2. The fraction of sp³-hybridized carbons (Fsp3) is 0.143. The van der Waals surface area contributed by atoms with E-state index in [0.717, 1.165) is 26.9 Å². The molecule has 0 aliphatic carbocycles. The summed E-state index contributed by atoms with van der Waals surface area (Å²) in [6, 6.07) is 23.4. The number of carbonyl (C=O) groups is 2. The van der Waals surface area contributed by atoms with Crippen LogP contribution >= 0.6 is 0 Å². The second-order valence-electron chi connectivity index (χ2n) is 8.39. The fourth-order valence-corrected chi connectivity index (χ4v) is 3.60. The molecule has 176 valence electrons. The lowest BCUT2D eigenvalue weighted by Crippen LogP contribution is -2.32. The summed E-state index contributed by atoms with van der Waals surface area (Å²) in [5.41, 5.74) is 4.87. The molecule has 35 heavy (non-hydrogen) atoms. The van der Waals surface area contributed by atoms with Crippen LogP contribution in [0.25, 0.3) is 11.3 Å². The first-order valence-corrected chi connectivity index (χ1v) is 11.2. The molecule has 0 saturated carbocycles. The summed E-state index contributed by atoms with van der Waals surface area (Å²) in [6.45, 7) is 5.55. The Hall–Kier alpha value is -4.52. The zero-order chi connectivity index (χ0) is 24.9. The first-order valence-electron chi connectivity index (χ1n) is 11.2. The predicted octanol–water partition coefficient (Wildman–Crippen LogP) is 4.73. The van der Waals surface area contributed by atoms with Crippen molar-refractivity contribution in [3.8, 4) is 11.3 Å². The van der Waals surface area contributed by atoms with Crippen molar-refractivity contribution in [2.75, 3.05) is 10.6 Å². The van der Waals surface area contributed by atoms with Crippen LogP contribution in [-0.2, 0) is 11.3 Å². The number of carbonyl (C=O) groups excluding carboxylic acids is 2. The van der Waals surface area contributed by atoms with E-state index in [0.29, 0.717) is 16.9 Å². The van der Waals surface area contributed by atoms with E-state index in [4.69, 9.17) is 0 Å². The Bertz CT molecular complexity index is 1440. The molecule has 0 atom stereocenters. The van der Waals surface area contributed by atoms with Crippen LogP contribution in [0, 0.1) is 20.8 Å². The highest BCUT2D eigenvalue weighted by Gasteiger charge is 2.16. The van der Waals surface area contributed by atoms with Gasteiger partial charge in [-0.25, -0.2) is 4.68 Å². The predicted molar refractivity (Wildman–Crippen MR) is 138 cm³/mol. The number of hydrogen-bond acceptors (Lipinski definition) is 4. The van der Waals surface area contributed by atoms with Crippen molar-refractivity contribution in [2.24, 2.45) is 0 Å². The molecule has 2 N–H and O–H groups in total. The Labute approximate surface area is 203 Å². The zero-order valence-electron chi connectivity index (χ0n) is 19.8. The molecular weight excluding hydrogens is 440 g/mol. The van der Waals surface area contributed by atoms with Gasteiger partial charge in [0, 0.05) is 16.8 Å². The van der Waals surface area contributed by atoms with Gasteiger partial charge < -0.3 is 10.6 Å². The van der Waals surface area contributed by atoms with E-state index in [-0.39, 0.29) is 12.2 Å². The van der Waals surface area contributed by atoms with Crippen LogP contribution in [0.5, 0.6) is 0 Å². The normalized spacial score (nSPS) is 10.6. The molecular formula is C28H26N4O3. The molecule has 0 spiro atoms.